The maximum Gasteiger partial charge on any atom is 0.254 e. The van der Waals surface area contributed by atoms with Crippen LogP contribution >= 0.6 is 0 Å². The summed E-state index contributed by atoms with van der Waals surface area (Å²) in [5.41, 5.74) is 1.68. The number of hydrogen-bond acceptors (Lipinski definition) is 9. The number of nitrogens with one attached hydrogen (secondary N) is 1. The second-order valence-corrected chi connectivity index (χ2v) is 7.60. The third-order valence-corrected chi connectivity index (χ3v) is 5.45. The third kappa shape index (κ3) is 4.84. The van der Waals surface area contributed by atoms with E-state index in [9.17, 15) is 9.59 Å². The topological polar surface area (TPSA) is 129 Å². The van der Waals surface area contributed by atoms with E-state index < -0.39 is 0 Å². The molecule has 3 aromatic rings. The number of ketones is 1. The maximum atomic E-state index is 13.0. The highest BCUT2D eigenvalue weighted by molar-refractivity contribution is 5.98. The third-order valence-electron chi connectivity index (χ3n) is 5.45. The minimum Gasteiger partial charge on any atom is -0.493 e. The Kier molecular flexibility index (Phi) is 7.02. The lowest BCUT2D eigenvalue weighted by atomic mass is 10.1. The summed E-state index contributed by atoms with van der Waals surface area (Å²) in [4.78, 5) is 26.9. The van der Waals surface area contributed by atoms with Gasteiger partial charge in [-0.15, -0.1) is 10.2 Å². The second kappa shape index (κ2) is 10.3. The van der Waals surface area contributed by atoms with E-state index in [-0.39, 0.29) is 24.4 Å². The molecule has 2 heterocycles. The van der Waals surface area contributed by atoms with Gasteiger partial charge in [-0.3, -0.25) is 9.59 Å². The summed E-state index contributed by atoms with van der Waals surface area (Å²) < 4.78 is 22.5. The van der Waals surface area contributed by atoms with Gasteiger partial charge in [0.15, 0.2) is 17.3 Å². The highest BCUT2D eigenvalue weighted by Gasteiger charge is 2.27. The molecule has 11 heteroatoms. The summed E-state index contributed by atoms with van der Waals surface area (Å²) in [6.45, 7) is 2.76. The number of carbonyl (C=O) groups excluding carboxylic acids is 2. The zero-order valence-electron chi connectivity index (χ0n) is 19.1. The van der Waals surface area contributed by atoms with Crippen molar-refractivity contribution in [2.24, 2.45) is 0 Å². The normalized spacial score (nSPS) is 15.6. The summed E-state index contributed by atoms with van der Waals surface area (Å²) in [7, 11) is 2.99. The number of rotatable bonds is 8. The Labute approximate surface area is 195 Å². The van der Waals surface area contributed by atoms with Crippen molar-refractivity contribution < 1.29 is 28.5 Å². The number of benzene rings is 2. The van der Waals surface area contributed by atoms with Gasteiger partial charge in [-0.1, -0.05) is 12.1 Å². The molecule has 0 saturated carbocycles. The lowest BCUT2D eigenvalue weighted by Gasteiger charge is -2.33. The van der Waals surface area contributed by atoms with Crippen LogP contribution in [0.15, 0.2) is 36.4 Å². The number of hydrogen-bond donors (Lipinski definition) is 1. The van der Waals surface area contributed by atoms with Crippen LogP contribution < -0.4 is 14.2 Å². The van der Waals surface area contributed by atoms with Crippen LogP contribution in [0.1, 0.15) is 27.6 Å². The lowest BCUT2D eigenvalue weighted by molar-refractivity contribution is -0.0404. The molecule has 1 unspecified atom stereocenters. The molecule has 11 nitrogen and oxygen atoms in total. The van der Waals surface area contributed by atoms with E-state index in [1.807, 2.05) is 0 Å². The Balaban J connectivity index is 1.44. The first kappa shape index (κ1) is 23.2. The molecule has 34 heavy (non-hydrogen) atoms. The molecule has 1 aromatic heterocycles. The largest absolute Gasteiger partial charge is 0.493 e. The van der Waals surface area contributed by atoms with Crippen molar-refractivity contribution in [2.45, 2.75) is 13.0 Å². The van der Waals surface area contributed by atoms with Crippen LogP contribution in [0.25, 0.3) is 11.4 Å². The van der Waals surface area contributed by atoms with E-state index in [1.54, 1.807) is 41.3 Å². The van der Waals surface area contributed by atoms with Gasteiger partial charge >= 0.3 is 0 Å². The number of H-pyrrole nitrogens is 1. The van der Waals surface area contributed by atoms with E-state index >= 15 is 0 Å². The molecule has 178 valence electrons. The second-order valence-electron chi connectivity index (χ2n) is 7.60. The van der Waals surface area contributed by atoms with Crippen molar-refractivity contribution in [1.29, 1.82) is 0 Å². The predicted octanol–water partition coefficient (Wildman–Crippen LogP) is 2.01. The molecule has 0 radical (unpaired) electrons. The summed E-state index contributed by atoms with van der Waals surface area (Å²) in [6.07, 6.45) is -0.382. The summed E-state index contributed by atoms with van der Waals surface area (Å²) in [5, 5.41) is 13.8. The minimum absolute atomic E-state index is 0.114. The maximum absolute atomic E-state index is 13.0. The van der Waals surface area contributed by atoms with Gasteiger partial charge in [0.05, 0.1) is 32.9 Å². The van der Waals surface area contributed by atoms with Crippen molar-refractivity contribution in [3.63, 3.8) is 0 Å². The number of tetrazole rings is 1. The van der Waals surface area contributed by atoms with Gasteiger partial charge in [-0.25, -0.2) is 0 Å². The van der Waals surface area contributed by atoms with E-state index in [0.717, 1.165) is 5.56 Å². The Hall–Kier alpha value is -3.99. The van der Waals surface area contributed by atoms with Gasteiger partial charge in [0.25, 0.3) is 5.91 Å². The molecule has 2 aromatic carbocycles. The summed E-state index contributed by atoms with van der Waals surface area (Å²) in [5.74, 6) is 1.26. The number of nitrogens with zero attached hydrogens (tertiary/aromatic N) is 4. The van der Waals surface area contributed by atoms with Crippen LogP contribution in [0, 0.1) is 0 Å². The Morgan fingerprint density at radius 3 is 2.56 bits per heavy atom. The zero-order valence-corrected chi connectivity index (χ0v) is 19.1. The molecule has 1 N–H and O–H groups in total. The van der Waals surface area contributed by atoms with Crippen molar-refractivity contribution >= 4 is 11.7 Å². The van der Waals surface area contributed by atoms with Gasteiger partial charge in [0.2, 0.25) is 11.6 Å². The van der Waals surface area contributed by atoms with Gasteiger partial charge in [-0.05, 0) is 36.4 Å². The Morgan fingerprint density at radius 1 is 1.12 bits per heavy atom. The summed E-state index contributed by atoms with van der Waals surface area (Å²) >= 11 is 0. The summed E-state index contributed by atoms with van der Waals surface area (Å²) in [6, 6.07) is 10.3. The van der Waals surface area contributed by atoms with E-state index in [0.29, 0.717) is 53.9 Å². The predicted molar refractivity (Wildman–Crippen MR) is 120 cm³/mol. The van der Waals surface area contributed by atoms with Gasteiger partial charge in [-0.2, -0.15) is 5.21 Å². The van der Waals surface area contributed by atoms with E-state index in [2.05, 4.69) is 20.6 Å². The quantitative estimate of drug-likeness (QED) is 0.495. The highest BCUT2D eigenvalue weighted by atomic mass is 16.6. The fraction of sp³-hybridized carbons (Fsp3) is 0.348. The number of ether oxygens (including phenoxy) is 4. The van der Waals surface area contributed by atoms with Crippen LogP contribution in [-0.4, -0.2) is 83.8 Å². The lowest BCUT2D eigenvalue weighted by Crippen LogP contribution is -2.47. The molecule has 0 aliphatic carbocycles. The first-order valence-corrected chi connectivity index (χ1v) is 10.6. The molecule has 1 aliphatic rings. The fourth-order valence-corrected chi connectivity index (χ4v) is 3.73. The fourth-order valence-electron chi connectivity index (χ4n) is 3.73. The molecule has 1 amide bonds. The van der Waals surface area contributed by atoms with Gasteiger partial charge in [0.1, 0.15) is 12.7 Å². The molecule has 1 atom stereocenters. The van der Waals surface area contributed by atoms with Gasteiger partial charge < -0.3 is 23.8 Å². The molecular formula is C23H25N5O6. The van der Waals surface area contributed by atoms with Crippen molar-refractivity contribution in [3.8, 4) is 28.6 Å². The molecule has 1 fully saturated rings. The van der Waals surface area contributed by atoms with E-state index in [4.69, 9.17) is 18.9 Å². The number of amides is 1. The number of morpholine rings is 1. The van der Waals surface area contributed by atoms with Crippen molar-refractivity contribution in [1.82, 2.24) is 25.5 Å². The monoisotopic (exact) mass is 467 g/mol. The minimum atomic E-state index is -0.382. The zero-order chi connectivity index (χ0) is 24.1. The highest BCUT2D eigenvalue weighted by Crippen LogP contribution is 2.40. The number of methoxy groups -OCH3 is 2. The number of aromatic nitrogens is 4. The standard InChI is InChI=1S/C23H25N5O6/c1-14(29)18-8-9-19(31-2)21(32-3)20(18)34-13-17-12-28(10-11-33-17)23(30)16-6-4-15(5-7-16)22-24-26-27-25-22/h4-9,17H,10-13H2,1-3H3,(H,24,25,26,27). The van der Waals surface area contributed by atoms with Crippen molar-refractivity contribution in [3.05, 3.63) is 47.5 Å². The van der Waals surface area contributed by atoms with Crippen LogP contribution in [0.2, 0.25) is 0 Å². The Morgan fingerprint density at radius 2 is 1.91 bits per heavy atom. The molecule has 4 rings (SSSR count). The van der Waals surface area contributed by atoms with Crippen molar-refractivity contribution in [2.75, 3.05) is 40.5 Å². The first-order chi connectivity index (χ1) is 16.5. The number of carbonyl (C=O) groups is 2. The smallest absolute Gasteiger partial charge is 0.254 e. The molecule has 1 aliphatic heterocycles. The average molecular weight is 467 g/mol. The van der Waals surface area contributed by atoms with Crippen LogP contribution in [0.3, 0.4) is 0 Å². The molecule has 0 spiro atoms. The first-order valence-electron chi connectivity index (χ1n) is 10.6. The average Bonchev–Trinajstić information content (AvgIpc) is 3.41. The number of Topliss-reactive ketones (excluding diaryl/α,β-unsaturated/α-hetero) is 1. The number of aromatic amines is 1. The SMILES string of the molecule is COc1ccc(C(C)=O)c(OCC2CN(C(=O)c3ccc(-c4nn[nH]n4)cc3)CCO2)c1OC. The van der Waals surface area contributed by atoms with Crippen LogP contribution in [-0.2, 0) is 4.74 Å². The van der Waals surface area contributed by atoms with Crippen LogP contribution in [0.4, 0.5) is 0 Å². The van der Waals surface area contributed by atoms with Gasteiger partial charge in [0, 0.05) is 17.7 Å². The Bertz CT molecular complexity index is 1150. The molecule has 0 bridgehead atoms. The van der Waals surface area contributed by atoms with E-state index in [1.165, 1.54) is 21.1 Å². The molecule has 1 saturated heterocycles. The molecular weight excluding hydrogens is 442 g/mol. The van der Waals surface area contributed by atoms with Crippen LogP contribution in [0.5, 0.6) is 17.2 Å².